The molecule has 0 spiro atoms. The third kappa shape index (κ3) is 2.44. The van der Waals surface area contributed by atoms with Crippen LogP contribution in [0.15, 0.2) is 42.5 Å². The quantitative estimate of drug-likeness (QED) is 0.839. The summed E-state index contributed by atoms with van der Waals surface area (Å²) < 4.78 is 6.00. The Kier molecular flexibility index (Phi) is 3.40. The maximum Gasteiger partial charge on any atom is 0.127 e. The fourth-order valence-electron chi connectivity index (χ4n) is 2.40. The van der Waals surface area contributed by atoms with Gasteiger partial charge in [-0.15, -0.1) is 0 Å². The third-order valence-corrected chi connectivity index (χ3v) is 3.94. The average molecular weight is 294 g/mol. The minimum Gasteiger partial charge on any atom is -0.485 e. The second kappa shape index (κ2) is 5.04. The van der Waals surface area contributed by atoms with Gasteiger partial charge in [-0.3, -0.25) is 0 Å². The fourth-order valence-corrected chi connectivity index (χ4v) is 2.84. The van der Waals surface area contributed by atoms with E-state index in [1.54, 1.807) is 0 Å². The van der Waals surface area contributed by atoms with Crippen LogP contribution in [0.5, 0.6) is 5.75 Å². The Hall–Kier alpha value is -1.22. The first-order valence-electron chi connectivity index (χ1n) is 6.11. The lowest BCUT2D eigenvalue weighted by Crippen LogP contribution is -2.24. The van der Waals surface area contributed by atoms with Gasteiger partial charge in [0.05, 0.1) is 0 Å². The molecule has 2 aromatic carbocycles. The maximum atomic E-state index is 6.22. The SMILES string of the molecule is N[C@H]1CC(c2ccccc2Cl)Oc2ccc(Cl)cc21. The van der Waals surface area contributed by atoms with Crippen molar-refractivity contribution >= 4 is 23.2 Å². The van der Waals surface area contributed by atoms with Crippen LogP contribution in [0.4, 0.5) is 0 Å². The summed E-state index contributed by atoms with van der Waals surface area (Å²) in [5.41, 5.74) is 8.14. The Morgan fingerprint density at radius 2 is 1.84 bits per heavy atom. The van der Waals surface area contributed by atoms with Crippen LogP contribution >= 0.6 is 23.2 Å². The number of fused-ring (bicyclic) bond motifs is 1. The Bertz CT molecular complexity index is 615. The van der Waals surface area contributed by atoms with Crippen LogP contribution in [0.3, 0.4) is 0 Å². The van der Waals surface area contributed by atoms with Crippen molar-refractivity contribution in [1.29, 1.82) is 0 Å². The van der Waals surface area contributed by atoms with Crippen molar-refractivity contribution in [2.45, 2.75) is 18.6 Å². The Morgan fingerprint density at radius 1 is 1.05 bits per heavy atom. The second-order valence-electron chi connectivity index (χ2n) is 4.65. The lowest BCUT2D eigenvalue weighted by Gasteiger charge is -2.31. The smallest absolute Gasteiger partial charge is 0.127 e. The Balaban J connectivity index is 1.97. The molecular formula is C15H13Cl2NO. The number of benzene rings is 2. The second-order valence-corrected chi connectivity index (χ2v) is 5.50. The van der Waals surface area contributed by atoms with Crippen LogP contribution < -0.4 is 10.5 Å². The number of hydrogen-bond acceptors (Lipinski definition) is 2. The van der Waals surface area contributed by atoms with Crippen LogP contribution in [0.2, 0.25) is 10.0 Å². The number of ether oxygens (including phenoxy) is 1. The highest BCUT2D eigenvalue weighted by Gasteiger charge is 2.28. The Morgan fingerprint density at radius 3 is 2.63 bits per heavy atom. The van der Waals surface area contributed by atoms with Gasteiger partial charge < -0.3 is 10.5 Å². The van der Waals surface area contributed by atoms with Gasteiger partial charge in [0.15, 0.2) is 0 Å². The van der Waals surface area contributed by atoms with Crippen LogP contribution in [0, 0.1) is 0 Å². The van der Waals surface area contributed by atoms with Crippen molar-refractivity contribution in [3.63, 3.8) is 0 Å². The summed E-state index contributed by atoms with van der Waals surface area (Å²) in [5, 5.41) is 1.38. The first-order chi connectivity index (χ1) is 9.15. The van der Waals surface area contributed by atoms with E-state index < -0.39 is 0 Å². The molecule has 1 unspecified atom stereocenters. The van der Waals surface area contributed by atoms with E-state index in [1.165, 1.54) is 0 Å². The minimum absolute atomic E-state index is 0.0938. The fraction of sp³-hybridized carbons (Fsp3) is 0.200. The van der Waals surface area contributed by atoms with Crippen molar-refractivity contribution in [1.82, 2.24) is 0 Å². The van der Waals surface area contributed by atoms with Gasteiger partial charge in [0, 0.05) is 33.6 Å². The number of halogens is 2. The molecule has 2 atom stereocenters. The van der Waals surface area contributed by atoms with Crippen molar-refractivity contribution in [3.05, 3.63) is 63.6 Å². The van der Waals surface area contributed by atoms with Gasteiger partial charge in [0.2, 0.25) is 0 Å². The molecule has 2 N–H and O–H groups in total. The van der Waals surface area contributed by atoms with E-state index in [9.17, 15) is 0 Å². The van der Waals surface area contributed by atoms with E-state index in [-0.39, 0.29) is 12.1 Å². The molecule has 0 aromatic heterocycles. The van der Waals surface area contributed by atoms with Gasteiger partial charge in [0.1, 0.15) is 11.9 Å². The molecule has 0 saturated heterocycles. The molecule has 0 saturated carbocycles. The maximum absolute atomic E-state index is 6.22. The summed E-state index contributed by atoms with van der Waals surface area (Å²) in [6.07, 6.45) is 0.578. The largest absolute Gasteiger partial charge is 0.485 e. The third-order valence-electron chi connectivity index (χ3n) is 3.36. The first-order valence-corrected chi connectivity index (χ1v) is 6.87. The van der Waals surface area contributed by atoms with Crippen LogP contribution in [0.25, 0.3) is 0 Å². The molecule has 1 heterocycles. The van der Waals surface area contributed by atoms with Gasteiger partial charge in [-0.2, -0.15) is 0 Å². The predicted octanol–water partition coefficient (Wildman–Crippen LogP) is 4.52. The molecular weight excluding hydrogens is 281 g/mol. The van der Waals surface area contributed by atoms with Crippen molar-refractivity contribution in [2.75, 3.05) is 0 Å². The molecule has 0 amide bonds. The summed E-state index contributed by atoms with van der Waals surface area (Å²) in [4.78, 5) is 0. The van der Waals surface area contributed by atoms with Crippen LogP contribution in [0.1, 0.15) is 29.7 Å². The predicted molar refractivity (Wildman–Crippen MR) is 77.8 cm³/mol. The standard InChI is InChI=1S/C15H13Cl2NO/c16-9-5-6-14-11(7-9)13(18)8-15(19-14)10-3-1-2-4-12(10)17/h1-7,13,15H,8,18H2/t13-,15?/m0/s1. The monoisotopic (exact) mass is 293 g/mol. The number of rotatable bonds is 1. The summed E-state index contributed by atoms with van der Waals surface area (Å²) in [5.74, 6) is 0.785. The zero-order chi connectivity index (χ0) is 13.4. The Labute approximate surface area is 122 Å². The van der Waals surface area contributed by atoms with Crippen molar-refractivity contribution < 1.29 is 4.74 Å². The van der Waals surface area contributed by atoms with Gasteiger partial charge >= 0.3 is 0 Å². The lowest BCUT2D eigenvalue weighted by molar-refractivity contribution is 0.161. The van der Waals surface area contributed by atoms with Crippen molar-refractivity contribution in [2.24, 2.45) is 5.73 Å². The number of nitrogens with two attached hydrogens (primary N) is 1. The van der Waals surface area contributed by atoms with E-state index in [0.717, 1.165) is 16.9 Å². The van der Waals surface area contributed by atoms with E-state index in [0.29, 0.717) is 16.5 Å². The molecule has 0 aliphatic carbocycles. The molecule has 19 heavy (non-hydrogen) atoms. The summed E-state index contributed by atoms with van der Waals surface area (Å²) in [6, 6.07) is 13.1. The molecule has 2 aromatic rings. The molecule has 3 rings (SSSR count). The van der Waals surface area contributed by atoms with E-state index in [4.69, 9.17) is 33.7 Å². The van der Waals surface area contributed by atoms with Crippen molar-refractivity contribution in [3.8, 4) is 5.75 Å². The topological polar surface area (TPSA) is 35.2 Å². The van der Waals surface area contributed by atoms with Crippen LogP contribution in [-0.4, -0.2) is 0 Å². The van der Waals surface area contributed by atoms with Gasteiger partial charge in [-0.25, -0.2) is 0 Å². The summed E-state index contributed by atoms with van der Waals surface area (Å²) in [7, 11) is 0. The van der Waals surface area contributed by atoms with Gasteiger partial charge in [-0.1, -0.05) is 41.4 Å². The van der Waals surface area contributed by atoms with E-state index in [1.807, 2.05) is 42.5 Å². The van der Waals surface area contributed by atoms with Gasteiger partial charge in [-0.05, 0) is 24.3 Å². The molecule has 4 heteroatoms. The highest BCUT2D eigenvalue weighted by molar-refractivity contribution is 6.31. The normalized spacial score (nSPS) is 21.6. The molecule has 2 nitrogen and oxygen atoms in total. The molecule has 1 aliphatic rings. The highest BCUT2D eigenvalue weighted by Crippen LogP contribution is 2.42. The average Bonchev–Trinajstić information content (AvgIpc) is 2.40. The highest BCUT2D eigenvalue weighted by atomic mass is 35.5. The molecule has 98 valence electrons. The molecule has 1 aliphatic heterocycles. The first kappa shape index (κ1) is 12.8. The van der Waals surface area contributed by atoms with Crippen LogP contribution in [-0.2, 0) is 0 Å². The molecule has 0 bridgehead atoms. The zero-order valence-corrected chi connectivity index (χ0v) is 11.7. The summed E-state index contributed by atoms with van der Waals surface area (Å²) in [6.45, 7) is 0. The number of hydrogen-bond donors (Lipinski definition) is 1. The van der Waals surface area contributed by atoms with Gasteiger partial charge in [0.25, 0.3) is 0 Å². The molecule has 0 fully saturated rings. The van der Waals surface area contributed by atoms with E-state index >= 15 is 0 Å². The molecule has 0 radical (unpaired) electrons. The minimum atomic E-state index is -0.114. The lowest BCUT2D eigenvalue weighted by atomic mass is 9.93. The zero-order valence-electron chi connectivity index (χ0n) is 10.1. The summed E-state index contributed by atoms with van der Waals surface area (Å²) >= 11 is 12.2. The van der Waals surface area contributed by atoms with E-state index in [2.05, 4.69) is 0 Å².